The second-order valence-corrected chi connectivity index (χ2v) is 4.74. The van der Waals surface area contributed by atoms with E-state index >= 15 is 0 Å². The summed E-state index contributed by atoms with van der Waals surface area (Å²) in [4.78, 5) is 23.9. The molecule has 0 radical (unpaired) electrons. The van der Waals surface area contributed by atoms with E-state index in [1.165, 1.54) is 5.56 Å². The molecule has 1 aromatic carbocycles. The number of aryl methyl sites for hydroxylation is 1. The van der Waals surface area contributed by atoms with Gasteiger partial charge in [0.2, 0.25) is 5.91 Å². The zero-order valence-corrected chi connectivity index (χ0v) is 11.6. The van der Waals surface area contributed by atoms with Crippen LogP contribution in [0.1, 0.15) is 37.7 Å². The minimum absolute atomic E-state index is 0.0687. The lowest BCUT2D eigenvalue weighted by Gasteiger charge is -2.17. The normalized spacial score (nSPS) is 10.2. The van der Waals surface area contributed by atoms with Crippen LogP contribution in [0.5, 0.6) is 0 Å². The number of anilines is 1. The molecule has 0 atom stereocenters. The molecule has 0 saturated carbocycles. The van der Waals surface area contributed by atoms with Crippen molar-refractivity contribution in [3.63, 3.8) is 0 Å². The molecular weight excluding hydrogens is 242 g/mol. The van der Waals surface area contributed by atoms with Crippen molar-refractivity contribution in [2.45, 2.75) is 39.0 Å². The number of amides is 1. The van der Waals surface area contributed by atoms with Crippen LogP contribution in [0.25, 0.3) is 0 Å². The maximum Gasteiger partial charge on any atom is 0.303 e. The Morgan fingerprint density at radius 2 is 1.63 bits per heavy atom. The molecule has 0 saturated heterocycles. The first-order valence-corrected chi connectivity index (χ1v) is 6.55. The number of carbonyl (C=O) groups is 2. The maximum absolute atomic E-state index is 11.9. The minimum Gasteiger partial charge on any atom is -0.481 e. The van der Waals surface area contributed by atoms with Crippen molar-refractivity contribution in [3.8, 4) is 0 Å². The molecule has 0 bridgehead atoms. The fraction of sp³-hybridized carbons (Fsp3) is 0.467. The molecule has 0 aliphatic heterocycles. The van der Waals surface area contributed by atoms with Crippen molar-refractivity contribution in [2.24, 2.45) is 0 Å². The van der Waals surface area contributed by atoms with Gasteiger partial charge in [-0.15, -0.1) is 0 Å². The van der Waals surface area contributed by atoms with Crippen molar-refractivity contribution >= 4 is 17.6 Å². The summed E-state index contributed by atoms with van der Waals surface area (Å²) in [6.45, 7) is 2.01. The second kappa shape index (κ2) is 7.56. The molecule has 0 fully saturated rings. The largest absolute Gasteiger partial charge is 0.481 e. The Balaban J connectivity index is 2.32. The summed E-state index contributed by atoms with van der Waals surface area (Å²) in [5.41, 5.74) is 2.06. The number of rotatable bonds is 7. The van der Waals surface area contributed by atoms with E-state index < -0.39 is 5.97 Å². The highest BCUT2D eigenvalue weighted by Crippen LogP contribution is 2.15. The number of unbranched alkanes of at least 4 members (excludes halogenated alkanes) is 2. The first-order chi connectivity index (χ1) is 9.00. The van der Waals surface area contributed by atoms with E-state index in [0.717, 1.165) is 18.5 Å². The molecule has 4 heteroatoms. The monoisotopic (exact) mass is 263 g/mol. The Kier molecular flexibility index (Phi) is 6.06. The fourth-order valence-electron chi connectivity index (χ4n) is 1.81. The highest BCUT2D eigenvalue weighted by molar-refractivity contribution is 5.92. The predicted octanol–water partition coefficient (Wildman–Crippen LogP) is 2.99. The van der Waals surface area contributed by atoms with Gasteiger partial charge in [0.25, 0.3) is 0 Å². The van der Waals surface area contributed by atoms with Gasteiger partial charge in [-0.1, -0.05) is 24.1 Å². The molecule has 1 amide bonds. The first-order valence-electron chi connectivity index (χ1n) is 6.55. The lowest BCUT2D eigenvalue weighted by Crippen LogP contribution is -2.25. The number of carboxylic acids is 1. The molecule has 1 rings (SSSR count). The third-order valence-corrected chi connectivity index (χ3v) is 3.08. The smallest absolute Gasteiger partial charge is 0.303 e. The van der Waals surface area contributed by atoms with Gasteiger partial charge in [0.15, 0.2) is 0 Å². The molecule has 19 heavy (non-hydrogen) atoms. The number of aliphatic carboxylic acids is 1. The third-order valence-electron chi connectivity index (χ3n) is 3.08. The van der Waals surface area contributed by atoms with E-state index in [1.807, 2.05) is 31.2 Å². The summed E-state index contributed by atoms with van der Waals surface area (Å²) < 4.78 is 0. The average Bonchev–Trinajstić information content (AvgIpc) is 2.37. The zero-order chi connectivity index (χ0) is 14.3. The lowest BCUT2D eigenvalue weighted by molar-refractivity contribution is -0.137. The molecule has 104 valence electrons. The summed E-state index contributed by atoms with van der Waals surface area (Å²) >= 11 is 0. The minimum atomic E-state index is -0.775. The van der Waals surface area contributed by atoms with Crippen molar-refractivity contribution < 1.29 is 14.7 Å². The topological polar surface area (TPSA) is 57.6 Å². The van der Waals surface area contributed by atoms with Gasteiger partial charge >= 0.3 is 5.97 Å². The van der Waals surface area contributed by atoms with Crippen LogP contribution in [-0.2, 0) is 9.59 Å². The third kappa shape index (κ3) is 5.55. The first kappa shape index (κ1) is 15.2. The molecule has 0 aliphatic rings. The molecule has 0 aromatic heterocycles. The van der Waals surface area contributed by atoms with E-state index in [9.17, 15) is 9.59 Å². The fourth-order valence-corrected chi connectivity index (χ4v) is 1.81. The van der Waals surface area contributed by atoms with Gasteiger partial charge in [0.05, 0.1) is 0 Å². The molecule has 4 nitrogen and oxygen atoms in total. The maximum atomic E-state index is 11.9. The van der Waals surface area contributed by atoms with Gasteiger partial charge in [-0.05, 0) is 31.9 Å². The van der Waals surface area contributed by atoms with E-state index in [4.69, 9.17) is 5.11 Å². The SMILES string of the molecule is Cc1ccc(N(C)C(=O)CCCCCC(=O)O)cc1. The average molecular weight is 263 g/mol. The summed E-state index contributed by atoms with van der Waals surface area (Å²) in [6.07, 6.45) is 2.80. The molecule has 0 heterocycles. The van der Waals surface area contributed by atoms with Crippen molar-refractivity contribution in [2.75, 3.05) is 11.9 Å². The van der Waals surface area contributed by atoms with Crippen LogP contribution in [-0.4, -0.2) is 24.0 Å². The Bertz CT molecular complexity index is 426. The number of carbonyl (C=O) groups excluding carboxylic acids is 1. The van der Waals surface area contributed by atoms with Crippen LogP contribution < -0.4 is 4.90 Å². The van der Waals surface area contributed by atoms with Crippen LogP contribution in [0.15, 0.2) is 24.3 Å². The lowest BCUT2D eigenvalue weighted by atomic mass is 10.1. The summed E-state index contributed by atoms with van der Waals surface area (Å²) in [5.74, 6) is -0.706. The van der Waals surface area contributed by atoms with Crippen LogP contribution in [0.2, 0.25) is 0 Å². The predicted molar refractivity (Wildman–Crippen MR) is 75.3 cm³/mol. The number of benzene rings is 1. The molecule has 0 spiro atoms. The highest BCUT2D eigenvalue weighted by Gasteiger charge is 2.10. The number of nitrogens with zero attached hydrogens (tertiary/aromatic N) is 1. The van der Waals surface area contributed by atoms with Crippen LogP contribution in [0.4, 0.5) is 5.69 Å². The molecule has 1 aromatic rings. The van der Waals surface area contributed by atoms with Gasteiger partial charge < -0.3 is 10.0 Å². The summed E-state index contributed by atoms with van der Waals surface area (Å²) in [5, 5.41) is 8.51. The number of carboxylic acid groups (broad SMARTS) is 1. The quantitative estimate of drug-likeness (QED) is 0.769. The van der Waals surface area contributed by atoms with Crippen LogP contribution in [0.3, 0.4) is 0 Å². The van der Waals surface area contributed by atoms with E-state index in [2.05, 4.69) is 0 Å². The molecular formula is C15H21NO3. The van der Waals surface area contributed by atoms with Gasteiger partial charge in [-0.2, -0.15) is 0 Å². The number of hydrogen-bond donors (Lipinski definition) is 1. The zero-order valence-electron chi connectivity index (χ0n) is 11.6. The second-order valence-electron chi connectivity index (χ2n) is 4.74. The van der Waals surface area contributed by atoms with Crippen molar-refractivity contribution in [3.05, 3.63) is 29.8 Å². The highest BCUT2D eigenvalue weighted by atomic mass is 16.4. The van der Waals surface area contributed by atoms with Crippen molar-refractivity contribution in [1.82, 2.24) is 0 Å². The summed E-state index contributed by atoms with van der Waals surface area (Å²) in [6, 6.07) is 7.81. The molecule has 0 unspecified atom stereocenters. The standard InChI is InChI=1S/C15H21NO3/c1-12-8-10-13(11-9-12)16(2)14(17)6-4-3-5-7-15(18)19/h8-11H,3-7H2,1-2H3,(H,18,19). The van der Waals surface area contributed by atoms with Gasteiger partial charge in [0.1, 0.15) is 0 Å². The van der Waals surface area contributed by atoms with E-state index in [-0.39, 0.29) is 12.3 Å². The Hall–Kier alpha value is -1.84. The van der Waals surface area contributed by atoms with Gasteiger partial charge in [-0.25, -0.2) is 0 Å². The van der Waals surface area contributed by atoms with Crippen molar-refractivity contribution in [1.29, 1.82) is 0 Å². The molecule has 0 aliphatic carbocycles. The van der Waals surface area contributed by atoms with E-state index in [1.54, 1.807) is 11.9 Å². The van der Waals surface area contributed by atoms with Gasteiger partial charge in [0, 0.05) is 25.6 Å². The summed E-state index contributed by atoms with van der Waals surface area (Å²) in [7, 11) is 1.77. The van der Waals surface area contributed by atoms with Crippen LogP contribution >= 0.6 is 0 Å². The Morgan fingerprint density at radius 3 is 2.21 bits per heavy atom. The van der Waals surface area contributed by atoms with Crippen LogP contribution in [0, 0.1) is 6.92 Å². The number of hydrogen-bond acceptors (Lipinski definition) is 2. The van der Waals surface area contributed by atoms with E-state index in [0.29, 0.717) is 12.8 Å². The van der Waals surface area contributed by atoms with Gasteiger partial charge in [-0.3, -0.25) is 9.59 Å². The Labute approximate surface area is 114 Å². The molecule has 1 N–H and O–H groups in total. The Morgan fingerprint density at radius 1 is 1.05 bits per heavy atom.